The molecule has 7 heteroatoms. The van der Waals surface area contributed by atoms with E-state index in [4.69, 9.17) is 0 Å². The van der Waals surface area contributed by atoms with Crippen LogP contribution in [0, 0.1) is 0 Å². The summed E-state index contributed by atoms with van der Waals surface area (Å²) in [7, 11) is 0. The van der Waals surface area contributed by atoms with Crippen LogP contribution in [-0.4, -0.2) is 33.8 Å². The van der Waals surface area contributed by atoms with Crippen LogP contribution in [-0.2, 0) is 6.42 Å². The van der Waals surface area contributed by atoms with Crippen molar-refractivity contribution in [2.24, 2.45) is 0 Å². The number of nitrogens with one attached hydrogen (secondary N) is 3. The van der Waals surface area contributed by atoms with Crippen molar-refractivity contribution in [3.8, 4) is 0 Å². The fourth-order valence-corrected chi connectivity index (χ4v) is 3.57. The predicted molar refractivity (Wildman–Crippen MR) is 107 cm³/mol. The van der Waals surface area contributed by atoms with Crippen LogP contribution in [0.1, 0.15) is 38.1 Å². The van der Waals surface area contributed by atoms with E-state index in [-0.39, 0.29) is 12.1 Å². The van der Waals surface area contributed by atoms with E-state index in [1.807, 2.05) is 43.3 Å². The molecule has 1 aliphatic heterocycles. The number of rotatable bonds is 4. The maximum atomic E-state index is 12.4. The van der Waals surface area contributed by atoms with Crippen molar-refractivity contribution in [1.29, 1.82) is 0 Å². The van der Waals surface area contributed by atoms with Gasteiger partial charge in [0.1, 0.15) is 5.82 Å². The number of hydrogen-bond donors (Lipinski definition) is 3. The van der Waals surface area contributed by atoms with Gasteiger partial charge in [-0.25, -0.2) is 9.78 Å². The lowest BCUT2D eigenvalue weighted by atomic mass is 10.1. The minimum Gasteiger partial charge on any atom is -0.352 e. The van der Waals surface area contributed by atoms with E-state index in [1.165, 1.54) is 0 Å². The zero-order valence-electron chi connectivity index (χ0n) is 15.8. The fourth-order valence-electron chi connectivity index (χ4n) is 3.57. The van der Waals surface area contributed by atoms with Crippen LogP contribution in [0.15, 0.2) is 36.4 Å². The molecule has 4 rings (SSSR count). The van der Waals surface area contributed by atoms with E-state index in [1.54, 1.807) is 0 Å². The molecule has 1 aliphatic rings. The monoisotopic (exact) mass is 364 g/mol. The molecule has 140 valence electrons. The summed E-state index contributed by atoms with van der Waals surface area (Å²) in [5.74, 6) is 1.48. The minimum atomic E-state index is -0.273. The summed E-state index contributed by atoms with van der Waals surface area (Å²) >= 11 is 0. The SMILES string of the molecule is CC(NC(=O)Nc1cc2[nH]nc3c2c(n1)CCN3C(C)C)c1ccccc1. The number of carbonyl (C=O) groups excluding carboxylic acids is 1. The average Bonchev–Trinajstić information content (AvgIpc) is 3.07. The average molecular weight is 364 g/mol. The molecule has 3 aromatic rings. The van der Waals surface area contributed by atoms with E-state index in [2.05, 4.69) is 44.6 Å². The molecule has 0 aliphatic carbocycles. The van der Waals surface area contributed by atoms with Crippen molar-refractivity contribution >= 4 is 28.6 Å². The molecule has 0 bridgehead atoms. The molecule has 0 radical (unpaired) electrons. The van der Waals surface area contributed by atoms with Crippen LogP contribution in [0.25, 0.3) is 10.9 Å². The molecular weight excluding hydrogens is 340 g/mol. The molecule has 27 heavy (non-hydrogen) atoms. The topological polar surface area (TPSA) is 85.9 Å². The normalized spacial score (nSPS) is 14.4. The molecule has 1 aromatic carbocycles. The van der Waals surface area contributed by atoms with Crippen LogP contribution in [0.3, 0.4) is 0 Å². The standard InChI is InChI=1S/C20H24N6O/c1-12(2)26-10-9-15-18-16(24-25-19(18)26)11-17(22-15)23-20(27)21-13(3)14-7-5-4-6-8-14/h4-8,11-13H,9-10H2,1-3H3,(H,24,25)(H2,21,22,23,27). The fraction of sp³-hybridized carbons (Fsp3) is 0.350. The molecule has 7 nitrogen and oxygen atoms in total. The highest BCUT2D eigenvalue weighted by molar-refractivity contribution is 5.97. The quantitative estimate of drug-likeness (QED) is 0.660. The summed E-state index contributed by atoms with van der Waals surface area (Å²) in [5.41, 5.74) is 2.92. The first-order chi connectivity index (χ1) is 13.0. The minimum absolute atomic E-state index is 0.0911. The molecule has 2 aromatic heterocycles. The summed E-state index contributed by atoms with van der Waals surface area (Å²) in [6.45, 7) is 7.15. The second-order valence-electron chi connectivity index (χ2n) is 7.19. The van der Waals surface area contributed by atoms with Crippen molar-refractivity contribution in [3.05, 3.63) is 47.7 Å². The molecule has 1 atom stereocenters. The van der Waals surface area contributed by atoms with Gasteiger partial charge in [-0.15, -0.1) is 0 Å². The number of amides is 2. The number of pyridine rings is 1. The van der Waals surface area contributed by atoms with E-state index >= 15 is 0 Å². The first kappa shape index (κ1) is 17.3. The van der Waals surface area contributed by atoms with E-state index in [0.29, 0.717) is 11.9 Å². The number of H-pyrrole nitrogens is 1. The Morgan fingerprint density at radius 3 is 2.74 bits per heavy atom. The van der Waals surface area contributed by atoms with Gasteiger partial charge in [0.2, 0.25) is 0 Å². The number of carbonyl (C=O) groups is 1. The highest BCUT2D eigenvalue weighted by atomic mass is 16.2. The smallest absolute Gasteiger partial charge is 0.320 e. The molecule has 0 saturated heterocycles. The van der Waals surface area contributed by atoms with Crippen molar-refractivity contribution in [1.82, 2.24) is 20.5 Å². The Morgan fingerprint density at radius 2 is 2.00 bits per heavy atom. The number of anilines is 2. The molecule has 2 amide bonds. The van der Waals surface area contributed by atoms with Gasteiger partial charge in [-0.2, -0.15) is 5.10 Å². The maximum Gasteiger partial charge on any atom is 0.320 e. The van der Waals surface area contributed by atoms with Gasteiger partial charge in [-0.05, 0) is 26.3 Å². The third-order valence-electron chi connectivity index (χ3n) is 4.97. The Labute approximate surface area is 158 Å². The Bertz CT molecular complexity index is 965. The molecular formula is C20H24N6O. The zero-order chi connectivity index (χ0) is 19.0. The third-order valence-corrected chi connectivity index (χ3v) is 4.97. The highest BCUT2D eigenvalue weighted by Crippen LogP contribution is 2.33. The van der Waals surface area contributed by atoms with Crippen LogP contribution in [0.5, 0.6) is 0 Å². The maximum absolute atomic E-state index is 12.4. The molecule has 3 N–H and O–H groups in total. The number of aromatic amines is 1. The number of benzene rings is 1. The first-order valence-electron chi connectivity index (χ1n) is 9.30. The van der Waals surface area contributed by atoms with Crippen LogP contribution in [0.4, 0.5) is 16.4 Å². The van der Waals surface area contributed by atoms with E-state index < -0.39 is 0 Å². The van der Waals surface area contributed by atoms with Gasteiger partial charge in [0.25, 0.3) is 0 Å². The van der Waals surface area contributed by atoms with Gasteiger partial charge in [-0.3, -0.25) is 10.4 Å². The zero-order valence-corrected chi connectivity index (χ0v) is 15.8. The van der Waals surface area contributed by atoms with Gasteiger partial charge in [-0.1, -0.05) is 30.3 Å². The van der Waals surface area contributed by atoms with Crippen molar-refractivity contribution in [2.75, 3.05) is 16.8 Å². The number of urea groups is 1. The van der Waals surface area contributed by atoms with Crippen LogP contribution >= 0.6 is 0 Å². The Kier molecular flexibility index (Phi) is 4.43. The van der Waals surface area contributed by atoms with Gasteiger partial charge in [0.15, 0.2) is 5.82 Å². The molecule has 1 unspecified atom stereocenters. The molecule has 0 saturated carbocycles. The molecule has 3 heterocycles. The molecule has 0 spiro atoms. The van der Waals surface area contributed by atoms with E-state index in [9.17, 15) is 4.79 Å². The summed E-state index contributed by atoms with van der Waals surface area (Å²) in [6, 6.07) is 11.7. The Balaban J connectivity index is 1.53. The lowest BCUT2D eigenvalue weighted by Gasteiger charge is -2.30. The first-order valence-corrected chi connectivity index (χ1v) is 9.30. The lowest BCUT2D eigenvalue weighted by molar-refractivity contribution is 0.249. The van der Waals surface area contributed by atoms with Gasteiger partial charge < -0.3 is 10.2 Å². The summed E-state index contributed by atoms with van der Waals surface area (Å²) in [5, 5.41) is 14.4. The van der Waals surface area contributed by atoms with Crippen LogP contribution < -0.4 is 15.5 Å². The predicted octanol–water partition coefficient (Wildman–Crippen LogP) is 3.61. The van der Waals surface area contributed by atoms with Gasteiger partial charge in [0.05, 0.1) is 22.6 Å². The second-order valence-corrected chi connectivity index (χ2v) is 7.19. The third kappa shape index (κ3) is 3.32. The Morgan fingerprint density at radius 1 is 1.22 bits per heavy atom. The van der Waals surface area contributed by atoms with E-state index in [0.717, 1.165) is 40.9 Å². The highest BCUT2D eigenvalue weighted by Gasteiger charge is 2.25. The van der Waals surface area contributed by atoms with Crippen molar-refractivity contribution in [3.63, 3.8) is 0 Å². The van der Waals surface area contributed by atoms with Gasteiger partial charge >= 0.3 is 6.03 Å². The second kappa shape index (κ2) is 6.90. The summed E-state index contributed by atoms with van der Waals surface area (Å²) in [4.78, 5) is 19.3. The molecule has 0 fully saturated rings. The summed E-state index contributed by atoms with van der Waals surface area (Å²) in [6.07, 6.45) is 0.832. The lowest BCUT2D eigenvalue weighted by Crippen LogP contribution is -2.35. The summed E-state index contributed by atoms with van der Waals surface area (Å²) < 4.78 is 0. The number of hydrogen-bond acceptors (Lipinski definition) is 4. The van der Waals surface area contributed by atoms with Crippen LogP contribution in [0.2, 0.25) is 0 Å². The number of nitrogens with zero attached hydrogens (tertiary/aromatic N) is 3. The number of aromatic nitrogens is 3. The van der Waals surface area contributed by atoms with Gasteiger partial charge in [0, 0.05) is 25.1 Å². The largest absolute Gasteiger partial charge is 0.352 e. The van der Waals surface area contributed by atoms with Crippen molar-refractivity contribution < 1.29 is 4.79 Å². The Hall–Kier alpha value is -3.09. The van der Waals surface area contributed by atoms with Crippen molar-refractivity contribution in [2.45, 2.75) is 39.3 Å².